The lowest BCUT2D eigenvalue weighted by Gasteiger charge is -2.42. The van der Waals surface area contributed by atoms with Crippen LogP contribution in [0.15, 0.2) is 36.4 Å². The van der Waals surface area contributed by atoms with Crippen LogP contribution in [0.5, 0.6) is 0 Å². The maximum atomic E-state index is 13.0. The van der Waals surface area contributed by atoms with E-state index < -0.39 is 0 Å². The highest BCUT2D eigenvalue weighted by molar-refractivity contribution is 6.02. The van der Waals surface area contributed by atoms with Crippen LogP contribution in [0.1, 0.15) is 52.8 Å². The summed E-state index contributed by atoms with van der Waals surface area (Å²) in [5, 5.41) is 2.04. The Bertz CT molecular complexity index is 830. The Balaban J connectivity index is 0.000000552. The summed E-state index contributed by atoms with van der Waals surface area (Å²) in [6, 6.07) is 12.2. The topological polar surface area (TPSA) is 40.6 Å². The zero-order chi connectivity index (χ0) is 20.1. The molecule has 5 heteroatoms. The summed E-state index contributed by atoms with van der Waals surface area (Å²) >= 11 is 0. The lowest BCUT2D eigenvalue weighted by atomic mass is 9.85. The van der Waals surface area contributed by atoms with Gasteiger partial charge in [0.25, 0.3) is 0 Å². The van der Waals surface area contributed by atoms with E-state index in [0.29, 0.717) is 5.56 Å². The number of piperidine rings is 1. The first-order valence-corrected chi connectivity index (χ1v) is 10.4. The van der Waals surface area contributed by atoms with E-state index in [1.54, 1.807) is 0 Å². The molecule has 0 N–H and O–H groups in total. The number of fused-ring (bicyclic) bond motifs is 1. The molecule has 0 bridgehead atoms. The number of Topliss-reactive ketones (excluding diaryl/α,β-unsaturated/α-hetero) is 1. The predicted molar refractivity (Wildman–Crippen MR) is 122 cm³/mol. The molecule has 2 aromatic rings. The van der Waals surface area contributed by atoms with Crippen molar-refractivity contribution in [3.05, 3.63) is 47.5 Å². The number of benzene rings is 2. The molecule has 0 spiro atoms. The summed E-state index contributed by atoms with van der Waals surface area (Å²) < 4.78 is 0. The van der Waals surface area contributed by atoms with Gasteiger partial charge in [0.15, 0.2) is 5.78 Å². The van der Waals surface area contributed by atoms with Crippen LogP contribution in [-0.2, 0) is 0 Å². The fraction of sp³-hybridized carbons (Fsp3) is 0.500. The van der Waals surface area contributed by atoms with E-state index in [1.807, 2.05) is 62.4 Å². The zero-order valence-corrected chi connectivity index (χ0v) is 18.6. The molecule has 29 heavy (non-hydrogen) atoms. The van der Waals surface area contributed by atoms with Gasteiger partial charge in [-0.25, -0.2) is 0 Å². The Morgan fingerprint density at radius 1 is 1.00 bits per heavy atom. The molecular formula is C24H33ClN2O2. The van der Waals surface area contributed by atoms with Crippen LogP contribution in [0.3, 0.4) is 0 Å². The van der Waals surface area contributed by atoms with Gasteiger partial charge in [0, 0.05) is 29.6 Å². The average Bonchev–Trinajstić information content (AvgIpc) is 2.65. The largest absolute Gasteiger partial charge is 0.312 e. The monoisotopic (exact) mass is 416 g/mol. The first-order chi connectivity index (χ1) is 13.5. The molecule has 1 saturated carbocycles. The number of carbonyl (C=O) groups is 2. The van der Waals surface area contributed by atoms with Gasteiger partial charge >= 0.3 is 0 Å². The highest BCUT2D eigenvalue weighted by Crippen LogP contribution is 2.30. The van der Waals surface area contributed by atoms with Crippen LogP contribution in [0.2, 0.25) is 0 Å². The van der Waals surface area contributed by atoms with E-state index >= 15 is 0 Å². The lowest BCUT2D eigenvalue weighted by molar-refractivity contribution is 0.0612. The number of ketones is 1. The van der Waals surface area contributed by atoms with Crippen LogP contribution >= 0.6 is 12.4 Å². The van der Waals surface area contributed by atoms with E-state index in [1.165, 1.54) is 19.3 Å². The first-order valence-electron chi connectivity index (χ1n) is 10.4. The molecular weight excluding hydrogens is 384 g/mol. The molecule has 1 aliphatic carbocycles. The summed E-state index contributed by atoms with van der Waals surface area (Å²) in [6.45, 7) is 2.08. The predicted octanol–water partition coefficient (Wildman–Crippen LogP) is 4.70. The summed E-state index contributed by atoms with van der Waals surface area (Å²) in [5.41, 5.74) is 1.48. The van der Waals surface area contributed by atoms with Gasteiger partial charge in [0.2, 0.25) is 0 Å². The van der Waals surface area contributed by atoms with Crippen molar-refractivity contribution in [2.75, 3.05) is 34.2 Å². The lowest BCUT2D eigenvalue weighted by Crippen LogP contribution is -2.47. The summed E-state index contributed by atoms with van der Waals surface area (Å²) in [6.07, 6.45) is 6.93. The number of nitrogens with zero attached hydrogens (tertiary/aromatic N) is 2. The van der Waals surface area contributed by atoms with Crippen LogP contribution in [0.4, 0.5) is 0 Å². The van der Waals surface area contributed by atoms with Crippen molar-refractivity contribution in [1.82, 2.24) is 9.80 Å². The molecule has 2 aliphatic rings. The minimum absolute atomic E-state index is 0. The second-order valence-electron chi connectivity index (χ2n) is 8.56. The summed E-state index contributed by atoms with van der Waals surface area (Å²) in [4.78, 5) is 28.4. The highest BCUT2D eigenvalue weighted by atomic mass is 35.5. The second-order valence-corrected chi connectivity index (χ2v) is 8.56. The van der Waals surface area contributed by atoms with Gasteiger partial charge in [0.1, 0.15) is 6.29 Å². The molecule has 4 rings (SSSR count). The van der Waals surface area contributed by atoms with Gasteiger partial charge in [-0.15, -0.1) is 12.4 Å². The van der Waals surface area contributed by atoms with Gasteiger partial charge < -0.3 is 4.90 Å². The molecule has 1 aliphatic heterocycles. The van der Waals surface area contributed by atoms with Gasteiger partial charge in [0.05, 0.1) is 0 Å². The molecule has 4 nitrogen and oxygen atoms in total. The van der Waals surface area contributed by atoms with Crippen LogP contribution in [-0.4, -0.2) is 62.1 Å². The van der Waals surface area contributed by atoms with Gasteiger partial charge in [-0.3, -0.25) is 14.5 Å². The number of likely N-dealkylation sites (tertiary alicyclic amines) is 1. The minimum Gasteiger partial charge on any atom is -0.312 e. The fourth-order valence-corrected chi connectivity index (χ4v) is 4.03. The van der Waals surface area contributed by atoms with E-state index in [-0.39, 0.29) is 24.1 Å². The Morgan fingerprint density at radius 3 is 2.28 bits per heavy atom. The summed E-state index contributed by atoms with van der Waals surface area (Å²) in [5.74, 6) is 0.409. The Kier molecular flexibility index (Phi) is 8.81. The first kappa shape index (κ1) is 23.5. The smallest absolute Gasteiger partial charge is 0.167 e. The molecule has 1 saturated heterocycles. The molecule has 1 heterocycles. The third kappa shape index (κ3) is 6.11. The van der Waals surface area contributed by atoms with Crippen molar-refractivity contribution in [1.29, 1.82) is 0 Å². The molecule has 0 radical (unpaired) electrons. The minimum atomic E-state index is 0. The van der Waals surface area contributed by atoms with Crippen molar-refractivity contribution < 1.29 is 9.59 Å². The maximum Gasteiger partial charge on any atom is 0.167 e. The van der Waals surface area contributed by atoms with E-state index in [9.17, 15) is 9.59 Å². The normalized spacial score (nSPS) is 19.7. The number of hydrogen-bond donors (Lipinski definition) is 0. The molecule has 1 unspecified atom stereocenters. The molecule has 2 aromatic carbocycles. The molecule has 0 aromatic heterocycles. The Morgan fingerprint density at radius 2 is 1.66 bits per heavy atom. The molecule has 2 fully saturated rings. The number of hydrogen-bond acceptors (Lipinski definition) is 4. The van der Waals surface area contributed by atoms with Crippen molar-refractivity contribution in [2.45, 2.75) is 38.1 Å². The fourth-order valence-electron chi connectivity index (χ4n) is 4.03. The second kappa shape index (κ2) is 10.9. The quantitative estimate of drug-likeness (QED) is 0.535. The third-order valence-electron chi connectivity index (χ3n) is 5.70. The van der Waals surface area contributed by atoms with Crippen LogP contribution in [0, 0.1) is 5.92 Å². The highest BCUT2D eigenvalue weighted by Gasteiger charge is 2.32. The van der Waals surface area contributed by atoms with Gasteiger partial charge in [-0.1, -0.05) is 30.7 Å². The van der Waals surface area contributed by atoms with E-state index in [0.717, 1.165) is 54.6 Å². The maximum absolute atomic E-state index is 13.0. The third-order valence-corrected chi connectivity index (χ3v) is 5.70. The molecule has 158 valence electrons. The van der Waals surface area contributed by atoms with Crippen LogP contribution in [0.25, 0.3) is 10.8 Å². The van der Waals surface area contributed by atoms with Crippen molar-refractivity contribution in [3.63, 3.8) is 0 Å². The van der Waals surface area contributed by atoms with Crippen molar-refractivity contribution >= 4 is 35.2 Å². The SMILES string of the molecule is CN(C)C.Cl.O=Cc1ccc2cc(C(=O)C3CCCN(C4CCC4)C3)ccc2c1. The number of carbonyl (C=O) groups excluding carboxylic acids is 2. The average molecular weight is 417 g/mol. The number of rotatable bonds is 4. The number of aldehydes is 1. The standard InChI is InChI=1S/C21H23NO2.C3H9N.ClH/c23-14-15-6-7-17-12-18(9-8-16(17)11-15)21(24)19-3-2-10-22(13-19)20-4-1-5-20;1-4(2)3;/h6-9,11-12,14,19-20H,1-5,10,13H2;1-3H3;1H. The number of halogens is 1. The van der Waals surface area contributed by atoms with Crippen LogP contribution < -0.4 is 0 Å². The van der Waals surface area contributed by atoms with Crippen molar-refractivity contribution in [3.8, 4) is 0 Å². The Hall–Kier alpha value is -1.75. The molecule has 0 amide bonds. The summed E-state index contributed by atoms with van der Waals surface area (Å²) in [7, 11) is 6.00. The van der Waals surface area contributed by atoms with Crippen molar-refractivity contribution in [2.24, 2.45) is 5.92 Å². The van der Waals surface area contributed by atoms with Gasteiger partial charge in [-0.05, 0) is 76.3 Å². The van der Waals surface area contributed by atoms with E-state index in [4.69, 9.17) is 0 Å². The zero-order valence-electron chi connectivity index (χ0n) is 17.8. The molecule has 1 atom stereocenters. The Labute approximate surface area is 180 Å². The van der Waals surface area contributed by atoms with E-state index in [2.05, 4.69) is 4.90 Å². The van der Waals surface area contributed by atoms with Gasteiger partial charge in [-0.2, -0.15) is 0 Å².